The second kappa shape index (κ2) is 34.2. The first-order valence-corrected chi connectivity index (χ1v) is 19.6. The number of carbonyl (C=O) groups excluding carboxylic acids is 1. The van der Waals surface area contributed by atoms with E-state index in [-0.39, 0.29) is 18.0 Å². The first-order valence-electron chi connectivity index (χ1n) is 17.2. The lowest BCUT2D eigenvalue weighted by molar-refractivity contribution is -0.0668. The van der Waals surface area contributed by atoms with E-state index in [4.69, 9.17) is 20.7 Å². The number of carbonyl (C=O) groups is 1. The van der Waals surface area contributed by atoms with E-state index in [2.05, 4.69) is 60.5 Å². The van der Waals surface area contributed by atoms with Gasteiger partial charge in [-0.3, -0.25) is 4.79 Å². The second-order valence-electron chi connectivity index (χ2n) is 9.58. The third kappa shape index (κ3) is 21.2. The molecule has 4 aromatic carbocycles. The summed E-state index contributed by atoms with van der Waals surface area (Å²) in [7, 11) is 5.40. The number of ketones is 1. The highest BCUT2D eigenvalue weighted by atomic mass is 79.9. The largest absolute Gasteiger partial charge is 0.491 e. The lowest BCUT2D eigenvalue weighted by atomic mass is 9.79. The van der Waals surface area contributed by atoms with Crippen LogP contribution in [0.3, 0.4) is 0 Å². The Balaban J connectivity index is -0.000000579. The first kappa shape index (κ1) is 53.8. The summed E-state index contributed by atoms with van der Waals surface area (Å²) in [6.07, 6.45) is 0.0803. The quantitative estimate of drug-likeness (QED) is 0.0935. The standard InChI is InChI=1S/C10H13BrO2.C8H9BO2.C8H6BrN.C8H7BrO.3C2H6.CH3B/c1-8(13-7-12-2)9-5-3-4-6-10(9)11;1-6-7-4-2-3-5-8(7)9(10)11-6;1-6-5-7(10-2)3-4-8(6)9;1-6(10)7-4-2-3-5-8(7)9;4*1-2/h3-6,8H,7H2,1-2H3;2-6,10H,1H3;3-5H,1H3;2-5H,1H3;3*1-2H3;1H3. The molecule has 1 heterocycles. The number of Topliss-reactive ketones (excluding diaryl/α,β-unsaturated/α-hetero) is 1. The fourth-order valence-corrected chi connectivity index (χ4v) is 5.37. The van der Waals surface area contributed by atoms with Gasteiger partial charge in [-0.1, -0.05) is 175 Å². The number of rotatable bonds is 5. The van der Waals surface area contributed by atoms with Crippen LogP contribution in [0, 0.1) is 13.5 Å². The Bertz CT molecular complexity index is 1530. The fraction of sp³-hybridized carbons (Fsp3) is 0.366. The number of nitrogens with zero attached hydrogens (tertiary/aromatic N) is 1. The number of hydrogen-bond donors (Lipinski definition) is 1. The van der Waals surface area contributed by atoms with Crippen LogP contribution >= 0.6 is 47.8 Å². The summed E-state index contributed by atoms with van der Waals surface area (Å²) in [4.78, 5) is 14.1. The molecule has 1 aliphatic rings. The van der Waals surface area contributed by atoms with Crippen LogP contribution in [-0.2, 0) is 14.1 Å². The predicted molar refractivity (Wildman–Crippen MR) is 234 cm³/mol. The normalized spacial score (nSPS) is 11.8. The Labute approximate surface area is 341 Å². The minimum absolute atomic E-state index is 0.0289. The molecule has 0 aliphatic carbocycles. The number of halogens is 3. The van der Waals surface area contributed by atoms with Crippen LogP contribution < -0.4 is 5.46 Å². The topological polar surface area (TPSA) is 69.4 Å². The number of benzene rings is 4. The minimum Gasteiger partial charge on any atom is -0.423 e. The summed E-state index contributed by atoms with van der Waals surface area (Å²) in [5.74, 6) is 0.0903. The van der Waals surface area contributed by atoms with Gasteiger partial charge >= 0.3 is 7.12 Å². The summed E-state index contributed by atoms with van der Waals surface area (Å²) in [6, 6.07) is 28.7. The first-order chi connectivity index (χ1) is 25.0. The molecule has 2 radical (unpaired) electrons. The molecule has 0 bridgehead atoms. The molecular weight excluding hydrogens is 848 g/mol. The van der Waals surface area contributed by atoms with Gasteiger partial charge in [0, 0.05) is 26.1 Å². The highest BCUT2D eigenvalue weighted by molar-refractivity contribution is 9.11. The van der Waals surface area contributed by atoms with Crippen LogP contribution in [0.1, 0.15) is 102 Å². The summed E-state index contributed by atoms with van der Waals surface area (Å²) < 4.78 is 18.4. The van der Waals surface area contributed by atoms with Crippen molar-refractivity contribution in [3.05, 3.63) is 138 Å². The highest BCUT2D eigenvalue weighted by Gasteiger charge is 2.31. The number of ether oxygens (including phenoxy) is 2. The minimum atomic E-state index is -0.721. The van der Waals surface area contributed by atoms with E-state index in [1.807, 2.05) is 141 Å². The van der Waals surface area contributed by atoms with Crippen LogP contribution in [-0.4, -0.2) is 39.7 Å². The van der Waals surface area contributed by atoms with Crippen molar-refractivity contribution in [3.8, 4) is 0 Å². The van der Waals surface area contributed by atoms with Crippen molar-refractivity contribution in [1.82, 2.24) is 0 Å². The molecule has 5 rings (SSSR count). The zero-order valence-corrected chi connectivity index (χ0v) is 37.6. The zero-order valence-electron chi connectivity index (χ0n) is 32.8. The molecule has 0 saturated carbocycles. The number of fused-ring (bicyclic) bond motifs is 1. The van der Waals surface area contributed by atoms with Crippen LogP contribution in [0.15, 0.2) is 104 Å². The van der Waals surface area contributed by atoms with E-state index < -0.39 is 7.12 Å². The van der Waals surface area contributed by atoms with Gasteiger partial charge in [0.2, 0.25) is 0 Å². The molecule has 0 saturated heterocycles. The molecule has 6 nitrogen and oxygen atoms in total. The Morgan fingerprint density at radius 2 is 1.40 bits per heavy atom. The van der Waals surface area contributed by atoms with Crippen molar-refractivity contribution in [2.75, 3.05) is 13.9 Å². The van der Waals surface area contributed by atoms with E-state index in [1.54, 1.807) is 26.2 Å². The van der Waals surface area contributed by atoms with Crippen LogP contribution in [0.25, 0.3) is 4.85 Å². The van der Waals surface area contributed by atoms with Gasteiger partial charge in [0.15, 0.2) is 11.5 Å². The monoisotopic (exact) mass is 901 g/mol. The van der Waals surface area contributed by atoms with Crippen molar-refractivity contribution < 1.29 is 23.9 Å². The predicted octanol–water partition coefficient (Wildman–Crippen LogP) is 12.8. The van der Waals surface area contributed by atoms with Crippen LogP contribution in [0.5, 0.6) is 0 Å². The van der Waals surface area contributed by atoms with E-state index in [1.165, 1.54) is 6.82 Å². The smallest absolute Gasteiger partial charge is 0.423 e. The van der Waals surface area contributed by atoms with Crippen molar-refractivity contribution in [1.29, 1.82) is 0 Å². The van der Waals surface area contributed by atoms with Gasteiger partial charge in [0.1, 0.15) is 6.79 Å². The summed E-state index contributed by atoms with van der Waals surface area (Å²) in [5, 5.41) is 9.33. The second-order valence-corrected chi connectivity index (χ2v) is 12.1. The van der Waals surface area contributed by atoms with Gasteiger partial charge in [0.05, 0.1) is 26.6 Å². The van der Waals surface area contributed by atoms with Crippen molar-refractivity contribution in [2.24, 2.45) is 0 Å². The fourth-order valence-electron chi connectivity index (χ4n) is 3.96. The molecular formula is C41H56B2Br3NO5. The van der Waals surface area contributed by atoms with Gasteiger partial charge in [0.25, 0.3) is 0 Å². The van der Waals surface area contributed by atoms with E-state index in [0.717, 1.165) is 41.1 Å². The van der Waals surface area contributed by atoms with Crippen molar-refractivity contribution in [2.45, 2.75) is 88.3 Å². The number of methoxy groups -OCH3 is 1. The molecule has 0 amide bonds. The van der Waals surface area contributed by atoms with Crippen LogP contribution in [0.4, 0.5) is 5.69 Å². The molecule has 282 valence electrons. The van der Waals surface area contributed by atoms with Gasteiger partial charge in [-0.05, 0) is 62.0 Å². The van der Waals surface area contributed by atoms with Gasteiger partial charge < -0.3 is 19.2 Å². The molecule has 0 spiro atoms. The maximum Gasteiger partial charge on any atom is 0.491 e. The third-order valence-electron chi connectivity index (χ3n) is 6.34. The highest BCUT2D eigenvalue weighted by Crippen LogP contribution is 2.25. The molecule has 2 atom stereocenters. The SMILES string of the molecule is CC.CC.CC.CC(=O)c1ccccc1Br.CC1OB(O)c2ccccc21.COCOC(C)c1ccccc1Br.[B]C.[C-]#[N+]c1ccc(Br)c(C)c1. The van der Waals surface area contributed by atoms with E-state index >= 15 is 0 Å². The maximum absolute atomic E-state index is 10.8. The zero-order chi connectivity index (χ0) is 40.6. The Morgan fingerprint density at radius 1 is 0.885 bits per heavy atom. The number of aryl methyl sites for hydroxylation is 1. The van der Waals surface area contributed by atoms with Gasteiger partial charge in [-0.25, -0.2) is 4.85 Å². The lowest BCUT2D eigenvalue weighted by Crippen LogP contribution is -2.27. The molecule has 0 aromatic heterocycles. The molecule has 1 aliphatic heterocycles. The molecule has 2 unspecified atom stereocenters. The van der Waals surface area contributed by atoms with Gasteiger partial charge in [-0.2, -0.15) is 0 Å². The molecule has 0 fully saturated rings. The average molecular weight is 904 g/mol. The summed E-state index contributed by atoms with van der Waals surface area (Å²) >= 11 is 10.1. The van der Waals surface area contributed by atoms with E-state index in [0.29, 0.717) is 12.5 Å². The Hall–Kier alpha value is -2.55. The van der Waals surface area contributed by atoms with Crippen molar-refractivity contribution >= 4 is 79.7 Å². The molecule has 11 heteroatoms. The van der Waals surface area contributed by atoms with Crippen molar-refractivity contribution in [3.63, 3.8) is 0 Å². The average Bonchev–Trinajstić information content (AvgIpc) is 3.48. The summed E-state index contributed by atoms with van der Waals surface area (Å²) in [6.45, 7) is 28.0. The molecule has 1 N–H and O–H groups in total. The molecule has 52 heavy (non-hydrogen) atoms. The summed E-state index contributed by atoms with van der Waals surface area (Å²) in [5.41, 5.74) is 5.68. The molecule has 4 aromatic rings. The Kier molecular flexibility index (Phi) is 35.4. The maximum atomic E-state index is 10.8. The van der Waals surface area contributed by atoms with Gasteiger partial charge in [-0.15, -0.1) is 0 Å². The number of hydrogen-bond acceptors (Lipinski definition) is 5. The lowest BCUT2D eigenvalue weighted by Gasteiger charge is -2.13. The van der Waals surface area contributed by atoms with E-state index in [9.17, 15) is 9.82 Å². The van der Waals surface area contributed by atoms with Crippen LogP contribution in [0.2, 0.25) is 6.82 Å². The third-order valence-corrected chi connectivity index (χ3v) is 8.64. The Morgan fingerprint density at radius 3 is 1.87 bits per heavy atom.